The largest absolute Gasteiger partial charge is 0.457 e. The van der Waals surface area contributed by atoms with E-state index in [2.05, 4.69) is 139 Å². The number of ether oxygens (including phenoxy) is 1. The van der Waals surface area contributed by atoms with Crippen molar-refractivity contribution in [1.82, 2.24) is 9.55 Å². The van der Waals surface area contributed by atoms with Crippen LogP contribution in [-0.2, 0) is 12.0 Å². The number of benzene rings is 4. The first-order valence-electron chi connectivity index (χ1n) is 13.7. The van der Waals surface area contributed by atoms with Gasteiger partial charge in [-0.2, -0.15) is 0 Å². The highest BCUT2D eigenvalue weighted by Crippen LogP contribution is 2.38. The van der Waals surface area contributed by atoms with Crippen LogP contribution in [0.2, 0.25) is 0 Å². The van der Waals surface area contributed by atoms with Crippen LogP contribution in [0, 0.1) is 0 Å². The van der Waals surface area contributed by atoms with E-state index in [-0.39, 0.29) is 5.41 Å². The highest BCUT2D eigenvalue weighted by Gasteiger charge is 2.24. The van der Waals surface area contributed by atoms with Crippen LogP contribution in [0.15, 0.2) is 109 Å². The monoisotopic (exact) mass is 524 g/mol. The average molecular weight is 525 g/mol. The normalized spacial score (nSPS) is 13.3. The molecule has 0 amide bonds. The first kappa shape index (κ1) is 24.3. The lowest BCUT2D eigenvalue weighted by atomic mass is 9.88. The van der Waals surface area contributed by atoms with Crippen LogP contribution in [0.1, 0.15) is 31.9 Å². The van der Waals surface area contributed by atoms with Crippen molar-refractivity contribution in [2.75, 3.05) is 17.1 Å². The number of hydrogen-bond acceptors (Lipinski definition) is 4. The second-order valence-electron chi connectivity index (χ2n) is 11.5. The number of rotatable bonds is 4. The lowest BCUT2D eigenvalue weighted by Crippen LogP contribution is -2.33. The van der Waals surface area contributed by atoms with Gasteiger partial charge in [-0.15, -0.1) is 0 Å². The SMILES string of the molecule is CN1c2ccccc2CN1c1cccc(Oc2ccc3c4ccccc4n(-c4cc(C(C)(C)C)ccn4)c3c2)c1. The molecule has 6 aromatic rings. The Morgan fingerprint density at radius 3 is 2.35 bits per heavy atom. The molecule has 0 bridgehead atoms. The third-order valence-corrected chi connectivity index (χ3v) is 7.86. The van der Waals surface area contributed by atoms with Crippen LogP contribution in [-0.4, -0.2) is 16.6 Å². The number of aromatic nitrogens is 2. The summed E-state index contributed by atoms with van der Waals surface area (Å²) >= 11 is 0. The minimum atomic E-state index is 0.0283. The molecule has 3 heterocycles. The minimum Gasteiger partial charge on any atom is -0.457 e. The Balaban J connectivity index is 1.28. The zero-order chi connectivity index (χ0) is 27.4. The summed E-state index contributed by atoms with van der Waals surface area (Å²) < 4.78 is 8.73. The fourth-order valence-corrected chi connectivity index (χ4v) is 5.73. The van der Waals surface area contributed by atoms with E-state index in [9.17, 15) is 0 Å². The van der Waals surface area contributed by atoms with Crippen molar-refractivity contribution in [2.45, 2.75) is 32.7 Å². The minimum absolute atomic E-state index is 0.0283. The zero-order valence-electron chi connectivity index (χ0n) is 23.3. The molecule has 0 spiro atoms. The number of para-hydroxylation sites is 2. The number of hydrogen-bond donors (Lipinski definition) is 0. The smallest absolute Gasteiger partial charge is 0.137 e. The molecule has 40 heavy (non-hydrogen) atoms. The highest BCUT2D eigenvalue weighted by molar-refractivity contribution is 6.09. The van der Waals surface area contributed by atoms with Gasteiger partial charge in [-0.05, 0) is 65.1 Å². The van der Waals surface area contributed by atoms with E-state index in [0.717, 1.165) is 40.6 Å². The Morgan fingerprint density at radius 1 is 0.725 bits per heavy atom. The van der Waals surface area contributed by atoms with E-state index in [1.54, 1.807) is 0 Å². The topological polar surface area (TPSA) is 33.5 Å². The van der Waals surface area contributed by atoms with Crippen LogP contribution >= 0.6 is 0 Å². The summed E-state index contributed by atoms with van der Waals surface area (Å²) in [7, 11) is 2.11. The maximum atomic E-state index is 6.48. The van der Waals surface area contributed by atoms with Crippen molar-refractivity contribution in [1.29, 1.82) is 0 Å². The third-order valence-electron chi connectivity index (χ3n) is 7.86. The van der Waals surface area contributed by atoms with Gasteiger partial charge in [0.1, 0.15) is 17.3 Å². The number of fused-ring (bicyclic) bond motifs is 4. The van der Waals surface area contributed by atoms with Gasteiger partial charge >= 0.3 is 0 Å². The number of anilines is 2. The predicted molar refractivity (Wildman–Crippen MR) is 165 cm³/mol. The molecule has 0 radical (unpaired) electrons. The summed E-state index contributed by atoms with van der Waals surface area (Å²) in [6, 6.07) is 36.0. The van der Waals surface area contributed by atoms with Gasteiger partial charge in [-0.1, -0.05) is 63.2 Å². The van der Waals surface area contributed by atoms with E-state index in [0.29, 0.717) is 0 Å². The molecule has 0 fully saturated rings. The van der Waals surface area contributed by atoms with Crippen molar-refractivity contribution in [2.24, 2.45) is 0 Å². The van der Waals surface area contributed by atoms with Gasteiger partial charge in [0.25, 0.3) is 0 Å². The molecule has 0 N–H and O–H groups in total. The third kappa shape index (κ3) is 4.06. The van der Waals surface area contributed by atoms with Crippen molar-refractivity contribution in [3.63, 3.8) is 0 Å². The Morgan fingerprint density at radius 2 is 1.50 bits per heavy atom. The van der Waals surface area contributed by atoms with Gasteiger partial charge in [0.15, 0.2) is 0 Å². The maximum Gasteiger partial charge on any atom is 0.137 e. The second kappa shape index (κ2) is 9.16. The molecule has 1 aliphatic heterocycles. The van der Waals surface area contributed by atoms with Crippen LogP contribution in [0.5, 0.6) is 11.5 Å². The summed E-state index contributed by atoms with van der Waals surface area (Å²) in [6.45, 7) is 7.53. The number of nitrogens with zero attached hydrogens (tertiary/aromatic N) is 4. The summed E-state index contributed by atoms with van der Waals surface area (Å²) in [6.07, 6.45) is 1.91. The van der Waals surface area contributed by atoms with Gasteiger partial charge in [0.2, 0.25) is 0 Å². The Kier molecular flexibility index (Phi) is 5.56. The summed E-state index contributed by atoms with van der Waals surface area (Å²) in [4.78, 5) is 4.80. The van der Waals surface area contributed by atoms with Crippen molar-refractivity contribution >= 4 is 33.2 Å². The molecule has 2 aromatic heterocycles. The van der Waals surface area contributed by atoms with Gasteiger partial charge < -0.3 is 4.74 Å². The standard InChI is InChI=1S/C35H32N4O/c1-35(2,3)25-18-19-36-34(20-25)39-32-15-8-6-13-29(32)30-17-16-28(22-33(30)39)40-27-12-9-11-26(21-27)38-23-24-10-5-7-14-31(24)37(38)4/h5-22H,23H2,1-4H3. The Bertz CT molecular complexity index is 1880. The first-order chi connectivity index (χ1) is 19.4. The molecule has 0 unspecified atom stereocenters. The van der Waals surface area contributed by atoms with Gasteiger partial charge in [-0.25, -0.2) is 4.98 Å². The van der Waals surface area contributed by atoms with Crippen molar-refractivity contribution < 1.29 is 4.74 Å². The number of hydrazine groups is 1. The van der Waals surface area contributed by atoms with E-state index < -0.39 is 0 Å². The molecule has 7 rings (SSSR count). The molecular weight excluding hydrogens is 492 g/mol. The Hall–Kier alpha value is -4.77. The van der Waals surface area contributed by atoms with E-state index in [4.69, 9.17) is 9.72 Å². The van der Waals surface area contributed by atoms with E-state index >= 15 is 0 Å². The van der Waals surface area contributed by atoms with Gasteiger partial charge in [0.05, 0.1) is 29.0 Å². The van der Waals surface area contributed by atoms with E-state index in [1.807, 2.05) is 12.3 Å². The summed E-state index contributed by atoms with van der Waals surface area (Å²) in [5, 5.41) is 6.85. The van der Waals surface area contributed by atoms with Crippen molar-refractivity contribution in [3.8, 4) is 17.3 Å². The van der Waals surface area contributed by atoms with Crippen molar-refractivity contribution in [3.05, 3.63) is 120 Å². The summed E-state index contributed by atoms with van der Waals surface area (Å²) in [5.41, 5.74) is 7.13. The van der Waals surface area contributed by atoms with Gasteiger partial charge in [0, 0.05) is 36.1 Å². The molecule has 0 atom stereocenters. The fourth-order valence-electron chi connectivity index (χ4n) is 5.73. The molecule has 5 heteroatoms. The second-order valence-corrected chi connectivity index (χ2v) is 11.5. The molecule has 0 saturated heterocycles. The molecule has 198 valence electrons. The highest BCUT2D eigenvalue weighted by atomic mass is 16.5. The summed E-state index contributed by atoms with van der Waals surface area (Å²) in [5.74, 6) is 2.50. The van der Waals surface area contributed by atoms with E-state index in [1.165, 1.54) is 27.6 Å². The lowest BCUT2D eigenvalue weighted by Gasteiger charge is -2.28. The maximum absolute atomic E-state index is 6.48. The van der Waals surface area contributed by atoms with Gasteiger partial charge in [-0.3, -0.25) is 14.6 Å². The van der Waals surface area contributed by atoms with Crippen LogP contribution in [0.25, 0.3) is 27.6 Å². The molecular formula is C35H32N4O. The Labute approximate surface area is 234 Å². The van der Waals surface area contributed by atoms with Crippen LogP contribution in [0.4, 0.5) is 11.4 Å². The predicted octanol–water partition coefficient (Wildman–Crippen LogP) is 8.64. The molecule has 1 aliphatic rings. The zero-order valence-corrected chi connectivity index (χ0v) is 23.3. The fraction of sp³-hybridized carbons (Fsp3) is 0.171. The van der Waals surface area contributed by atoms with Crippen LogP contribution < -0.4 is 14.8 Å². The average Bonchev–Trinajstić information content (AvgIpc) is 3.47. The number of pyridine rings is 1. The molecule has 5 nitrogen and oxygen atoms in total. The quantitative estimate of drug-likeness (QED) is 0.231. The lowest BCUT2D eigenvalue weighted by molar-refractivity contribution is 0.483. The first-order valence-corrected chi connectivity index (χ1v) is 13.7. The molecule has 4 aromatic carbocycles. The van der Waals surface area contributed by atoms with Crippen LogP contribution in [0.3, 0.4) is 0 Å². The molecule has 0 aliphatic carbocycles. The molecule has 0 saturated carbocycles.